The summed E-state index contributed by atoms with van der Waals surface area (Å²) in [7, 11) is -3.05. The summed E-state index contributed by atoms with van der Waals surface area (Å²) in [6, 6.07) is 7.17. The van der Waals surface area contributed by atoms with Crippen molar-refractivity contribution in [3.63, 3.8) is 0 Å². The number of nitrogens with two attached hydrogens (primary N) is 1. The fourth-order valence-electron chi connectivity index (χ4n) is 1.17. The third-order valence-electron chi connectivity index (χ3n) is 1.96. The van der Waals surface area contributed by atoms with Crippen molar-refractivity contribution < 1.29 is 8.42 Å². The molecule has 0 radical (unpaired) electrons. The van der Waals surface area contributed by atoms with Gasteiger partial charge >= 0.3 is 0 Å². The highest BCUT2D eigenvalue weighted by Crippen LogP contribution is 2.10. The zero-order chi connectivity index (χ0) is 12.0. The summed E-state index contributed by atoms with van der Waals surface area (Å²) >= 11 is 5.73. The van der Waals surface area contributed by atoms with Crippen LogP contribution in [0.2, 0.25) is 5.02 Å². The Labute approximate surface area is 101 Å². The van der Waals surface area contributed by atoms with Crippen molar-refractivity contribution in [1.29, 1.82) is 0 Å². The molecule has 0 fully saturated rings. The van der Waals surface area contributed by atoms with E-state index in [0.717, 1.165) is 5.56 Å². The molecule has 0 spiro atoms. The predicted molar refractivity (Wildman–Crippen MR) is 68.2 cm³/mol. The maximum Gasteiger partial charge on any atom is 0.155 e. The second kappa shape index (κ2) is 6.03. The van der Waals surface area contributed by atoms with E-state index in [-0.39, 0.29) is 18.1 Å². The molecule has 0 bridgehead atoms. The van der Waals surface area contributed by atoms with Gasteiger partial charge in [0.05, 0.1) is 11.5 Å². The van der Waals surface area contributed by atoms with Gasteiger partial charge in [0.2, 0.25) is 0 Å². The van der Waals surface area contributed by atoms with Crippen molar-refractivity contribution in [3.05, 3.63) is 40.9 Å². The summed E-state index contributed by atoms with van der Waals surface area (Å²) in [4.78, 5) is 0. The van der Waals surface area contributed by atoms with E-state index in [1.165, 1.54) is 0 Å². The predicted octanol–water partition coefficient (Wildman–Crippen LogP) is 1.73. The Balaban J connectivity index is 2.58. The van der Waals surface area contributed by atoms with Gasteiger partial charge < -0.3 is 5.73 Å². The normalized spacial score (nSPS) is 12.1. The van der Waals surface area contributed by atoms with Gasteiger partial charge in [-0.15, -0.1) is 0 Å². The third-order valence-corrected chi connectivity index (χ3v) is 3.77. The van der Waals surface area contributed by atoms with Crippen LogP contribution in [-0.2, 0) is 9.84 Å². The van der Waals surface area contributed by atoms with E-state index in [0.29, 0.717) is 5.02 Å². The molecule has 1 aromatic rings. The van der Waals surface area contributed by atoms with E-state index in [2.05, 4.69) is 0 Å². The van der Waals surface area contributed by atoms with Crippen LogP contribution in [0.5, 0.6) is 0 Å². The van der Waals surface area contributed by atoms with E-state index in [9.17, 15) is 8.42 Å². The number of halogens is 1. The second-order valence-electron chi connectivity index (χ2n) is 3.36. The zero-order valence-corrected chi connectivity index (χ0v) is 10.3. The number of hydrogen-bond donors (Lipinski definition) is 1. The molecule has 1 aromatic carbocycles. The highest BCUT2D eigenvalue weighted by molar-refractivity contribution is 7.91. The van der Waals surface area contributed by atoms with Crippen molar-refractivity contribution in [3.8, 4) is 0 Å². The van der Waals surface area contributed by atoms with E-state index in [1.807, 2.05) is 12.1 Å². The molecule has 3 nitrogen and oxygen atoms in total. The van der Waals surface area contributed by atoms with Crippen molar-refractivity contribution in [2.24, 2.45) is 5.73 Å². The smallest absolute Gasteiger partial charge is 0.155 e. The molecule has 0 aliphatic rings. The lowest BCUT2D eigenvalue weighted by Gasteiger charge is -1.97. The first-order valence-corrected chi connectivity index (χ1v) is 7.06. The Morgan fingerprint density at radius 1 is 1.25 bits per heavy atom. The molecule has 0 saturated heterocycles. The Hall–Kier alpha value is -0.840. The summed E-state index contributed by atoms with van der Waals surface area (Å²) in [6.07, 6.45) is 3.37. The fourth-order valence-corrected chi connectivity index (χ4v) is 2.21. The lowest BCUT2D eigenvalue weighted by atomic mass is 10.2. The molecular weight excluding hydrogens is 246 g/mol. The van der Waals surface area contributed by atoms with Crippen LogP contribution in [0.25, 0.3) is 6.08 Å². The quantitative estimate of drug-likeness (QED) is 0.876. The van der Waals surface area contributed by atoms with E-state index in [4.69, 9.17) is 17.3 Å². The highest BCUT2D eigenvalue weighted by atomic mass is 35.5. The molecule has 5 heteroatoms. The maximum atomic E-state index is 11.3. The van der Waals surface area contributed by atoms with Gasteiger partial charge in [-0.2, -0.15) is 0 Å². The molecule has 0 atom stereocenters. The third kappa shape index (κ3) is 4.79. The van der Waals surface area contributed by atoms with Crippen LogP contribution in [0.15, 0.2) is 30.3 Å². The van der Waals surface area contributed by atoms with Crippen molar-refractivity contribution in [1.82, 2.24) is 0 Å². The lowest BCUT2D eigenvalue weighted by molar-refractivity contribution is 0.599. The first kappa shape index (κ1) is 13.2. The Morgan fingerprint density at radius 3 is 2.44 bits per heavy atom. The summed E-state index contributed by atoms with van der Waals surface area (Å²) in [5, 5.41) is 0.660. The van der Waals surface area contributed by atoms with Crippen molar-refractivity contribution >= 4 is 27.5 Å². The first-order valence-electron chi connectivity index (χ1n) is 4.86. The van der Waals surface area contributed by atoms with Crippen LogP contribution in [-0.4, -0.2) is 26.5 Å². The van der Waals surface area contributed by atoms with E-state index < -0.39 is 9.84 Å². The molecule has 0 saturated carbocycles. The van der Waals surface area contributed by atoms with Crippen molar-refractivity contribution in [2.45, 2.75) is 0 Å². The molecule has 0 unspecified atom stereocenters. The number of benzene rings is 1. The molecule has 2 N–H and O–H groups in total. The van der Waals surface area contributed by atoms with Crippen LogP contribution < -0.4 is 5.73 Å². The number of sulfone groups is 1. The van der Waals surface area contributed by atoms with Gasteiger partial charge in [0.15, 0.2) is 9.84 Å². The summed E-state index contributed by atoms with van der Waals surface area (Å²) in [5.41, 5.74) is 6.12. The van der Waals surface area contributed by atoms with E-state index >= 15 is 0 Å². The van der Waals surface area contributed by atoms with Gasteiger partial charge in [-0.05, 0) is 17.7 Å². The summed E-state index contributed by atoms with van der Waals surface area (Å²) < 4.78 is 22.6. The largest absolute Gasteiger partial charge is 0.329 e. The monoisotopic (exact) mass is 259 g/mol. The zero-order valence-electron chi connectivity index (χ0n) is 8.77. The Bertz CT molecular complexity index is 451. The average molecular weight is 260 g/mol. The summed E-state index contributed by atoms with van der Waals surface area (Å²) in [6.45, 7) is 0.164. The standard InChI is InChI=1S/C11H14ClNO2S/c12-11-5-3-10(4-6-11)2-1-8-16(14,15)9-7-13/h1-6H,7-9,13H2. The van der Waals surface area contributed by atoms with Crippen LogP contribution in [0.4, 0.5) is 0 Å². The molecule has 88 valence electrons. The maximum absolute atomic E-state index is 11.3. The number of hydrogen-bond acceptors (Lipinski definition) is 3. The van der Waals surface area contributed by atoms with Gasteiger partial charge in [0.25, 0.3) is 0 Å². The van der Waals surface area contributed by atoms with Crippen LogP contribution >= 0.6 is 11.6 Å². The van der Waals surface area contributed by atoms with Gasteiger partial charge in [0, 0.05) is 11.6 Å². The minimum Gasteiger partial charge on any atom is -0.329 e. The molecule has 16 heavy (non-hydrogen) atoms. The Kier molecular flexibility index (Phi) is 4.99. The molecule has 1 rings (SSSR count). The second-order valence-corrected chi connectivity index (χ2v) is 6.02. The molecular formula is C11H14ClNO2S. The molecule has 0 amide bonds. The first-order chi connectivity index (χ1) is 7.53. The van der Waals surface area contributed by atoms with Crippen molar-refractivity contribution in [2.75, 3.05) is 18.1 Å². The minimum atomic E-state index is -3.05. The lowest BCUT2D eigenvalue weighted by Crippen LogP contribution is -2.17. The van der Waals surface area contributed by atoms with Crippen LogP contribution in [0, 0.1) is 0 Å². The average Bonchev–Trinajstić information content (AvgIpc) is 2.20. The van der Waals surface area contributed by atoms with Crippen LogP contribution in [0.3, 0.4) is 0 Å². The van der Waals surface area contributed by atoms with Gasteiger partial charge in [-0.25, -0.2) is 8.42 Å². The highest BCUT2D eigenvalue weighted by Gasteiger charge is 2.05. The minimum absolute atomic E-state index is 0.0207. The van der Waals surface area contributed by atoms with Gasteiger partial charge in [-0.3, -0.25) is 0 Å². The topological polar surface area (TPSA) is 60.2 Å². The van der Waals surface area contributed by atoms with Gasteiger partial charge in [-0.1, -0.05) is 35.9 Å². The molecule has 0 aromatic heterocycles. The van der Waals surface area contributed by atoms with E-state index in [1.54, 1.807) is 24.3 Å². The number of rotatable bonds is 5. The summed E-state index contributed by atoms with van der Waals surface area (Å²) in [5.74, 6) is 0.0464. The Morgan fingerprint density at radius 2 is 1.88 bits per heavy atom. The SMILES string of the molecule is NCCS(=O)(=O)CC=Cc1ccc(Cl)cc1. The molecule has 0 aliphatic carbocycles. The fraction of sp³-hybridized carbons (Fsp3) is 0.273. The van der Waals surface area contributed by atoms with Gasteiger partial charge in [0.1, 0.15) is 0 Å². The van der Waals surface area contributed by atoms with Crippen LogP contribution in [0.1, 0.15) is 5.56 Å². The molecule has 0 aliphatic heterocycles. The molecule has 0 heterocycles.